The van der Waals surface area contributed by atoms with E-state index in [4.69, 9.17) is 24.3 Å². The summed E-state index contributed by atoms with van der Waals surface area (Å²) in [4.78, 5) is 35.0. The van der Waals surface area contributed by atoms with E-state index in [-0.39, 0.29) is 38.6 Å². The van der Waals surface area contributed by atoms with E-state index in [9.17, 15) is 19.0 Å². The summed E-state index contributed by atoms with van der Waals surface area (Å²) in [6, 6.07) is 0. The summed E-state index contributed by atoms with van der Waals surface area (Å²) in [5.74, 6) is -0.808. The van der Waals surface area contributed by atoms with Crippen molar-refractivity contribution in [2.75, 3.05) is 26.4 Å². The predicted molar refractivity (Wildman–Crippen MR) is 238 cm³/mol. The maximum atomic E-state index is 12.6. The molecule has 0 bridgehead atoms. The molecule has 57 heavy (non-hydrogen) atoms. The van der Waals surface area contributed by atoms with Crippen molar-refractivity contribution < 1.29 is 37.6 Å². The van der Waals surface area contributed by atoms with Crippen LogP contribution in [0.4, 0.5) is 0 Å². The van der Waals surface area contributed by atoms with Crippen molar-refractivity contribution in [3.05, 3.63) is 0 Å². The Balaban J connectivity index is 4.01. The van der Waals surface area contributed by atoms with Crippen molar-refractivity contribution >= 4 is 19.8 Å². The molecular weight excluding hydrogens is 737 g/mol. The Kier molecular flexibility index (Phi) is 43.8. The first-order valence-corrected chi connectivity index (χ1v) is 26.0. The van der Waals surface area contributed by atoms with Crippen LogP contribution in [0.3, 0.4) is 0 Å². The number of carbonyl (C=O) groups is 2. The van der Waals surface area contributed by atoms with Crippen molar-refractivity contribution in [2.24, 2.45) is 5.73 Å². The molecule has 0 saturated carbocycles. The summed E-state index contributed by atoms with van der Waals surface area (Å²) in [7, 11) is -4.37. The lowest BCUT2D eigenvalue weighted by molar-refractivity contribution is -0.161. The molecule has 9 nitrogen and oxygen atoms in total. The molecule has 0 aromatic rings. The third kappa shape index (κ3) is 44.4. The topological polar surface area (TPSA) is 134 Å². The number of esters is 2. The fourth-order valence-electron chi connectivity index (χ4n) is 7.34. The fraction of sp³-hybridized carbons (Fsp3) is 0.957. The van der Waals surface area contributed by atoms with Gasteiger partial charge in [-0.3, -0.25) is 18.6 Å². The Morgan fingerprint density at radius 1 is 0.456 bits per heavy atom. The molecule has 340 valence electrons. The molecule has 0 heterocycles. The molecule has 0 rings (SSSR count). The summed E-state index contributed by atoms with van der Waals surface area (Å²) in [6.45, 7) is 3.80. The lowest BCUT2D eigenvalue weighted by Crippen LogP contribution is -2.29. The molecule has 0 saturated heterocycles. The van der Waals surface area contributed by atoms with Crippen LogP contribution in [0.5, 0.6) is 0 Å². The Morgan fingerprint density at radius 3 is 1.07 bits per heavy atom. The van der Waals surface area contributed by atoms with Gasteiger partial charge < -0.3 is 20.1 Å². The Morgan fingerprint density at radius 2 is 0.754 bits per heavy atom. The SMILES string of the molecule is CCCCCCCCCCCCCCCCCCCCCCC(=O)OCC(COP(=O)(O)OCCN)OC(=O)CCCCCCCCCCCCCCCCCC. The minimum Gasteiger partial charge on any atom is -0.462 e. The second kappa shape index (κ2) is 44.6. The molecule has 0 fully saturated rings. The zero-order valence-electron chi connectivity index (χ0n) is 37.6. The highest BCUT2D eigenvalue weighted by Crippen LogP contribution is 2.43. The van der Waals surface area contributed by atoms with E-state index in [2.05, 4.69) is 13.8 Å². The quantitative estimate of drug-likeness (QED) is 0.0349. The van der Waals surface area contributed by atoms with Crippen LogP contribution in [-0.4, -0.2) is 49.3 Å². The number of unbranched alkanes of at least 4 members (excludes halogenated alkanes) is 34. The zero-order valence-corrected chi connectivity index (χ0v) is 38.5. The van der Waals surface area contributed by atoms with Crippen molar-refractivity contribution in [1.29, 1.82) is 0 Å². The van der Waals surface area contributed by atoms with Gasteiger partial charge in [0.15, 0.2) is 6.10 Å². The largest absolute Gasteiger partial charge is 0.472 e. The number of nitrogens with two attached hydrogens (primary N) is 1. The number of carbonyl (C=O) groups excluding carboxylic acids is 2. The average molecular weight is 832 g/mol. The smallest absolute Gasteiger partial charge is 0.462 e. The van der Waals surface area contributed by atoms with Crippen LogP contribution in [0.1, 0.15) is 258 Å². The fourth-order valence-corrected chi connectivity index (χ4v) is 8.11. The number of hydrogen-bond acceptors (Lipinski definition) is 8. The lowest BCUT2D eigenvalue weighted by Gasteiger charge is -2.19. The highest BCUT2D eigenvalue weighted by Gasteiger charge is 2.26. The second-order valence-corrected chi connectivity index (χ2v) is 18.2. The van der Waals surface area contributed by atoms with E-state index >= 15 is 0 Å². The maximum absolute atomic E-state index is 12.6. The van der Waals surface area contributed by atoms with Crippen LogP contribution < -0.4 is 5.73 Å². The van der Waals surface area contributed by atoms with Crippen LogP contribution in [-0.2, 0) is 32.7 Å². The first-order chi connectivity index (χ1) is 27.8. The van der Waals surface area contributed by atoms with Gasteiger partial charge in [-0.2, -0.15) is 0 Å². The van der Waals surface area contributed by atoms with E-state index in [0.717, 1.165) is 32.1 Å². The molecule has 0 radical (unpaired) electrons. The van der Waals surface area contributed by atoms with Gasteiger partial charge in [0, 0.05) is 19.4 Å². The van der Waals surface area contributed by atoms with Gasteiger partial charge in [-0.25, -0.2) is 4.57 Å². The van der Waals surface area contributed by atoms with Gasteiger partial charge in [0.05, 0.1) is 13.2 Å². The van der Waals surface area contributed by atoms with E-state index < -0.39 is 26.5 Å². The molecule has 10 heteroatoms. The average Bonchev–Trinajstić information content (AvgIpc) is 3.20. The van der Waals surface area contributed by atoms with E-state index in [0.29, 0.717) is 6.42 Å². The van der Waals surface area contributed by atoms with Gasteiger partial charge in [0.2, 0.25) is 0 Å². The molecule has 2 unspecified atom stereocenters. The Hall–Kier alpha value is -0.990. The van der Waals surface area contributed by atoms with E-state index in [1.807, 2.05) is 0 Å². The monoisotopic (exact) mass is 832 g/mol. The third-order valence-electron chi connectivity index (χ3n) is 11.0. The number of phosphoric ester groups is 1. The van der Waals surface area contributed by atoms with Gasteiger partial charge >= 0.3 is 19.8 Å². The van der Waals surface area contributed by atoms with Crippen LogP contribution in [0.2, 0.25) is 0 Å². The summed E-state index contributed by atoms with van der Waals surface area (Å²) >= 11 is 0. The highest BCUT2D eigenvalue weighted by molar-refractivity contribution is 7.47. The van der Waals surface area contributed by atoms with Gasteiger partial charge in [0.25, 0.3) is 0 Å². The summed E-state index contributed by atoms with van der Waals surface area (Å²) in [5, 5.41) is 0. The zero-order chi connectivity index (χ0) is 41.8. The van der Waals surface area contributed by atoms with E-state index in [1.54, 1.807) is 0 Å². The summed E-state index contributed by atoms with van der Waals surface area (Å²) < 4.78 is 32.9. The summed E-state index contributed by atoms with van der Waals surface area (Å²) in [6.07, 6.45) is 45.6. The maximum Gasteiger partial charge on any atom is 0.472 e. The normalized spacial score (nSPS) is 13.1. The first kappa shape index (κ1) is 56.0. The molecular formula is C47H94NO8P. The summed E-state index contributed by atoms with van der Waals surface area (Å²) in [5.41, 5.74) is 5.36. The lowest BCUT2D eigenvalue weighted by atomic mass is 10.0. The molecule has 0 aromatic heterocycles. The first-order valence-electron chi connectivity index (χ1n) is 24.5. The van der Waals surface area contributed by atoms with Gasteiger partial charge in [-0.1, -0.05) is 232 Å². The highest BCUT2D eigenvalue weighted by atomic mass is 31.2. The van der Waals surface area contributed by atoms with Crippen LogP contribution in [0.25, 0.3) is 0 Å². The number of rotatable bonds is 47. The minimum atomic E-state index is -4.37. The molecule has 0 amide bonds. The number of hydrogen-bond donors (Lipinski definition) is 2. The van der Waals surface area contributed by atoms with Crippen molar-refractivity contribution in [3.8, 4) is 0 Å². The molecule has 3 N–H and O–H groups in total. The molecule has 0 spiro atoms. The second-order valence-electron chi connectivity index (χ2n) is 16.7. The van der Waals surface area contributed by atoms with Crippen molar-refractivity contribution in [1.82, 2.24) is 0 Å². The van der Waals surface area contributed by atoms with Gasteiger partial charge in [0.1, 0.15) is 6.61 Å². The van der Waals surface area contributed by atoms with Gasteiger partial charge in [-0.15, -0.1) is 0 Å². The number of phosphoric acid groups is 1. The Labute approximate surface area is 352 Å². The molecule has 0 aliphatic carbocycles. The molecule has 0 aliphatic heterocycles. The standard InChI is InChI=1S/C47H94NO8P/c1-3-5-7-9-11-13-15-17-19-21-22-23-24-26-27-29-31-33-35-37-39-46(49)53-43-45(44-55-57(51,52)54-42-41-48)56-47(50)40-38-36-34-32-30-28-25-20-18-16-14-12-10-8-6-4-2/h45H,3-44,48H2,1-2H3,(H,51,52). The van der Waals surface area contributed by atoms with Crippen LogP contribution in [0.15, 0.2) is 0 Å². The van der Waals surface area contributed by atoms with Gasteiger partial charge in [-0.05, 0) is 12.8 Å². The molecule has 2 atom stereocenters. The predicted octanol–water partition coefficient (Wildman–Crippen LogP) is 14.4. The van der Waals surface area contributed by atoms with Crippen LogP contribution >= 0.6 is 7.82 Å². The minimum absolute atomic E-state index is 0.0583. The van der Waals surface area contributed by atoms with Crippen molar-refractivity contribution in [3.63, 3.8) is 0 Å². The number of ether oxygens (including phenoxy) is 2. The Bertz CT molecular complexity index is 907. The van der Waals surface area contributed by atoms with E-state index in [1.165, 1.54) is 193 Å². The molecule has 0 aliphatic rings. The molecule has 0 aromatic carbocycles. The third-order valence-corrected chi connectivity index (χ3v) is 12.0. The van der Waals surface area contributed by atoms with Crippen LogP contribution in [0, 0.1) is 0 Å². The van der Waals surface area contributed by atoms with Crippen molar-refractivity contribution in [2.45, 2.75) is 264 Å².